The van der Waals surface area contributed by atoms with Crippen LogP contribution in [0.4, 0.5) is 0 Å². The van der Waals surface area contributed by atoms with E-state index >= 15 is 0 Å². The lowest BCUT2D eigenvalue weighted by atomic mass is 10.1. The van der Waals surface area contributed by atoms with Gasteiger partial charge < -0.3 is 10.2 Å². The van der Waals surface area contributed by atoms with E-state index in [0.717, 1.165) is 10.2 Å². The molecule has 0 bridgehead atoms. The van der Waals surface area contributed by atoms with Gasteiger partial charge in [0.15, 0.2) is 0 Å². The van der Waals surface area contributed by atoms with Gasteiger partial charge in [0.25, 0.3) is 0 Å². The van der Waals surface area contributed by atoms with Gasteiger partial charge in [-0.2, -0.15) is 0 Å². The molecule has 2 aromatic rings. The first kappa shape index (κ1) is 13.8. The van der Waals surface area contributed by atoms with Crippen LogP contribution in [-0.4, -0.2) is 18.5 Å². The second-order valence-electron chi connectivity index (χ2n) is 4.24. The van der Waals surface area contributed by atoms with Gasteiger partial charge in [-0.25, -0.2) is 0 Å². The van der Waals surface area contributed by atoms with Crippen molar-refractivity contribution in [2.45, 2.75) is 19.0 Å². The highest BCUT2D eigenvalue weighted by Crippen LogP contribution is 2.33. The smallest absolute Gasteiger partial charge is 0.136 e. The van der Waals surface area contributed by atoms with E-state index in [9.17, 15) is 0 Å². The zero-order chi connectivity index (χ0) is 13.1. The van der Waals surface area contributed by atoms with E-state index in [-0.39, 0.29) is 6.04 Å². The Kier molecular flexibility index (Phi) is 4.61. The van der Waals surface area contributed by atoms with E-state index in [2.05, 4.69) is 52.3 Å². The van der Waals surface area contributed by atoms with Crippen LogP contribution >= 0.6 is 27.3 Å². The van der Waals surface area contributed by atoms with Gasteiger partial charge in [0.1, 0.15) is 5.76 Å². The summed E-state index contributed by atoms with van der Waals surface area (Å²) in [6, 6.07) is 6.52. The maximum Gasteiger partial charge on any atom is 0.136 e. The van der Waals surface area contributed by atoms with Crippen molar-refractivity contribution in [3.63, 3.8) is 0 Å². The fourth-order valence-corrected chi connectivity index (χ4v) is 3.30. The molecule has 5 heteroatoms. The summed E-state index contributed by atoms with van der Waals surface area (Å²) < 4.78 is 6.52. The van der Waals surface area contributed by atoms with E-state index in [0.29, 0.717) is 12.6 Å². The number of likely N-dealkylation sites (N-methyl/N-ethyl adjacent to an activating group) is 1. The molecule has 0 aliphatic heterocycles. The summed E-state index contributed by atoms with van der Waals surface area (Å²) in [6.45, 7) is 2.71. The van der Waals surface area contributed by atoms with Crippen LogP contribution in [0.15, 0.2) is 38.7 Å². The van der Waals surface area contributed by atoms with Crippen LogP contribution < -0.4 is 5.73 Å². The number of furan rings is 1. The zero-order valence-corrected chi connectivity index (χ0v) is 12.9. The molecule has 2 unspecified atom stereocenters. The molecule has 0 spiro atoms. The van der Waals surface area contributed by atoms with Crippen LogP contribution in [0, 0.1) is 0 Å². The van der Waals surface area contributed by atoms with Crippen LogP contribution in [0.25, 0.3) is 0 Å². The molecule has 18 heavy (non-hydrogen) atoms. The Morgan fingerprint density at radius 1 is 1.50 bits per heavy atom. The third kappa shape index (κ3) is 2.69. The first-order valence-corrected chi connectivity index (χ1v) is 7.50. The highest BCUT2D eigenvalue weighted by Gasteiger charge is 2.25. The zero-order valence-electron chi connectivity index (χ0n) is 10.5. The van der Waals surface area contributed by atoms with Crippen molar-refractivity contribution < 1.29 is 4.42 Å². The molecule has 0 fully saturated rings. The summed E-state index contributed by atoms with van der Waals surface area (Å²) in [5.74, 6) is 0.892. The summed E-state index contributed by atoms with van der Waals surface area (Å²) in [5.41, 5.74) is 5.91. The normalized spacial score (nSPS) is 14.9. The maximum atomic E-state index is 5.91. The topological polar surface area (TPSA) is 42.4 Å². The monoisotopic (exact) mass is 328 g/mol. The van der Waals surface area contributed by atoms with Gasteiger partial charge in [0.05, 0.1) is 16.8 Å². The van der Waals surface area contributed by atoms with Crippen molar-refractivity contribution in [3.05, 3.63) is 45.0 Å². The Morgan fingerprint density at radius 3 is 2.78 bits per heavy atom. The molecule has 2 rings (SSSR count). The minimum Gasteiger partial charge on any atom is -0.466 e. The van der Waals surface area contributed by atoms with Crippen molar-refractivity contribution in [2.24, 2.45) is 5.73 Å². The molecule has 0 saturated carbocycles. The van der Waals surface area contributed by atoms with Crippen molar-refractivity contribution in [1.82, 2.24) is 4.90 Å². The second-order valence-corrected chi connectivity index (χ2v) is 6.07. The quantitative estimate of drug-likeness (QED) is 0.907. The van der Waals surface area contributed by atoms with Crippen LogP contribution in [-0.2, 0) is 0 Å². The molecule has 0 aromatic carbocycles. The summed E-state index contributed by atoms with van der Waals surface area (Å²) >= 11 is 5.26. The van der Waals surface area contributed by atoms with Gasteiger partial charge in [-0.15, -0.1) is 11.3 Å². The lowest BCUT2D eigenvalue weighted by Gasteiger charge is -2.30. The predicted molar refractivity (Wildman–Crippen MR) is 78.7 cm³/mol. The van der Waals surface area contributed by atoms with Crippen LogP contribution in [0.5, 0.6) is 0 Å². The Balaban J connectivity index is 2.20. The molecule has 0 radical (unpaired) electrons. The average Bonchev–Trinajstić information content (AvgIpc) is 3.01. The molecule has 2 N–H and O–H groups in total. The molecule has 0 saturated heterocycles. The standard InChI is InChI=1S/C13H17BrN2OS/c1-9(12-4-3-7-18-12)16(2)11(8-15)13-10(14)5-6-17-13/h3-7,9,11H,8,15H2,1-2H3. The SMILES string of the molecule is CC(c1cccs1)N(C)C(CN)c1occc1Br. The van der Waals surface area contributed by atoms with E-state index in [1.807, 2.05) is 6.07 Å². The van der Waals surface area contributed by atoms with E-state index in [1.54, 1.807) is 17.6 Å². The number of hydrogen-bond acceptors (Lipinski definition) is 4. The second kappa shape index (κ2) is 6.02. The average molecular weight is 329 g/mol. The lowest BCUT2D eigenvalue weighted by Crippen LogP contribution is -2.32. The number of nitrogens with two attached hydrogens (primary N) is 1. The maximum absolute atomic E-state index is 5.91. The third-order valence-corrected chi connectivity index (χ3v) is 4.93. The minimum atomic E-state index is 0.0754. The van der Waals surface area contributed by atoms with E-state index < -0.39 is 0 Å². The van der Waals surface area contributed by atoms with Gasteiger partial charge in [0, 0.05) is 17.5 Å². The molecule has 0 amide bonds. The van der Waals surface area contributed by atoms with Crippen molar-refractivity contribution in [1.29, 1.82) is 0 Å². The van der Waals surface area contributed by atoms with Crippen LogP contribution in [0.3, 0.4) is 0 Å². The highest BCUT2D eigenvalue weighted by molar-refractivity contribution is 9.10. The van der Waals surface area contributed by atoms with E-state index in [1.165, 1.54) is 4.88 Å². The highest BCUT2D eigenvalue weighted by atomic mass is 79.9. The van der Waals surface area contributed by atoms with Gasteiger partial charge in [-0.05, 0) is 47.4 Å². The first-order chi connectivity index (χ1) is 8.65. The Morgan fingerprint density at radius 2 is 2.28 bits per heavy atom. The molecule has 2 atom stereocenters. The van der Waals surface area contributed by atoms with Crippen molar-refractivity contribution in [2.75, 3.05) is 13.6 Å². The fourth-order valence-electron chi connectivity index (χ4n) is 2.00. The van der Waals surface area contributed by atoms with Crippen molar-refractivity contribution >= 4 is 27.3 Å². The number of thiophene rings is 1. The van der Waals surface area contributed by atoms with Gasteiger partial charge in [-0.1, -0.05) is 6.07 Å². The van der Waals surface area contributed by atoms with E-state index in [4.69, 9.17) is 10.2 Å². The lowest BCUT2D eigenvalue weighted by molar-refractivity contribution is 0.170. The molecule has 3 nitrogen and oxygen atoms in total. The summed E-state index contributed by atoms with van der Waals surface area (Å²) in [4.78, 5) is 3.58. The number of halogens is 1. The molecule has 2 aromatic heterocycles. The molecule has 2 heterocycles. The first-order valence-electron chi connectivity index (χ1n) is 5.83. The molecular formula is C13H17BrN2OS. The molecule has 0 aliphatic rings. The summed E-state index contributed by atoms with van der Waals surface area (Å²) in [6.07, 6.45) is 1.69. The summed E-state index contributed by atoms with van der Waals surface area (Å²) in [5, 5.41) is 2.10. The molecule has 0 aliphatic carbocycles. The fraction of sp³-hybridized carbons (Fsp3) is 0.385. The number of rotatable bonds is 5. The molecular weight excluding hydrogens is 312 g/mol. The predicted octanol–water partition coefficient (Wildman–Crippen LogP) is 3.80. The summed E-state index contributed by atoms with van der Waals surface area (Å²) in [7, 11) is 2.08. The Hall–Kier alpha value is -0.620. The minimum absolute atomic E-state index is 0.0754. The Labute approximate surface area is 120 Å². The third-order valence-electron chi connectivity index (χ3n) is 3.23. The largest absolute Gasteiger partial charge is 0.466 e. The Bertz CT molecular complexity index is 483. The molecule has 98 valence electrons. The van der Waals surface area contributed by atoms with Crippen LogP contribution in [0.2, 0.25) is 0 Å². The number of hydrogen-bond donors (Lipinski definition) is 1. The van der Waals surface area contributed by atoms with Crippen molar-refractivity contribution in [3.8, 4) is 0 Å². The van der Waals surface area contributed by atoms with Gasteiger partial charge >= 0.3 is 0 Å². The van der Waals surface area contributed by atoms with Gasteiger partial charge in [0.2, 0.25) is 0 Å². The number of nitrogens with zero attached hydrogens (tertiary/aromatic N) is 1. The van der Waals surface area contributed by atoms with Crippen LogP contribution in [0.1, 0.15) is 29.6 Å². The van der Waals surface area contributed by atoms with Gasteiger partial charge in [-0.3, -0.25) is 4.90 Å².